The smallest absolute Gasteiger partial charge is 0.0928 e. The SMILES string of the molecule is CC[CH2][Cr][CH2]CC(OC)C(C)NC(=O)C(C)(C)CCCCCCBr. The van der Waals surface area contributed by atoms with Gasteiger partial charge in [-0.15, -0.1) is 0 Å². The molecular formula is C19H38BrCrNO2. The van der Waals surface area contributed by atoms with Crippen molar-refractivity contribution in [2.24, 2.45) is 5.41 Å². The van der Waals surface area contributed by atoms with Gasteiger partial charge in [0.2, 0.25) is 0 Å². The number of rotatable bonds is 15. The Kier molecular flexibility index (Phi) is 14.9. The van der Waals surface area contributed by atoms with Crippen LogP contribution in [0.2, 0.25) is 10.6 Å². The first-order valence-electron chi connectivity index (χ1n) is 9.36. The van der Waals surface area contributed by atoms with Crippen molar-refractivity contribution in [2.45, 2.75) is 95.4 Å². The van der Waals surface area contributed by atoms with E-state index in [-0.39, 0.29) is 23.5 Å². The molecule has 0 spiro atoms. The van der Waals surface area contributed by atoms with E-state index in [0.29, 0.717) is 15.2 Å². The number of carbonyl (C=O) groups excluding carboxylic acids is 1. The molecule has 3 nitrogen and oxygen atoms in total. The minimum absolute atomic E-state index is 0.0765. The van der Waals surface area contributed by atoms with Crippen molar-refractivity contribution in [3.05, 3.63) is 0 Å². The number of unbranched alkanes of at least 4 members (excludes halogenated alkanes) is 3. The normalized spacial score (nSPS) is 14.4. The average molecular weight is 444 g/mol. The number of amides is 1. The number of alkyl halides is 1. The summed E-state index contributed by atoms with van der Waals surface area (Å²) < 4.78 is 5.62. The molecule has 0 heterocycles. The first-order valence-corrected chi connectivity index (χ1v) is 12.3. The van der Waals surface area contributed by atoms with Crippen LogP contribution in [0.15, 0.2) is 0 Å². The van der Waals surface area contributed by atoms with Crippen LogP contribution in [0, 0.1) is 5.41 Å². The topological polar surface area (TPSA) is 38.3 Å². The van der Waals surface area contributed by atoms with Crippen LogP contribution in [-0.2, 0) is 24.8 Å². The maximum absolute atomic E-state index is 12.6. The Bertz CT molecular complexity index is 326. The van der Waals surface area contributed by atoms with E-state index in [1.807, 2.05) is 0 Å². The number of hydrogen-bond acceptors (Lipinski definition) is 2. The summed E-state index contributed by atoms with van der Waals surface area (Å²) in [6.45, 7) is 8.43. The van der Waals surface area contributed by atoms with Crippen molar-refractivity contribution in [2.75, 3.05) is 12.4 Å². The maximum atomic E-state index is 12.6. The van der Waals surface area contributed by atoms with Crippen LogP contribution in [-0.4, -0.2) is 30.5 Å². The Morgan fingerprint density at radius 2 is 1.88 bits per heavy atom. The molecular weight excluding hydrogens is 406 g/mol. The van der Waals surface area contributed by atoms with Gasteiger partial charge in [-0.2, -0.15) is 0 Å². The molecule has 0 aromatic rings. The van der Waals surface area contributed by atoms with Gasteiger partial charge in [0, 0.05) is 5.33 Å². The first-order chi connectivity index (χ1) is 11.4. The second-order valence-corrected chi connectivity index (χ2v) is 9.88. The third-order valence-corrected chi connectivity index (χ3v) is 6.88. The molecule has 0 aromatic heterocycles. The van der Waals surface area contributed by atoms with Gasteiger partial charge in [0.1, 0.15) is 0 Å². The summed E-state index contributed by atoms with van der Waals surface area (Å²) >= 11 is 4.18. The van der Waals surface area contributed by atoms with Crippen LogP contribution in [0.3, 0.4) is 0 Å². The van der Waals surface area contributed by atoms with Crippen LogP contribution in [0.5, 0.6) is 0 Å². The third-order valence-electron chi connectivity index (χ3n) is 4.41. The van der Waals surface area contributed by atoms with E-state index >= 15 is 0 Å². The van der Waals surface area contributed by atoms with Gasteiger partial charge in [-0.05, 0) is 0 Å². The molecule has 2 atom stereocenters. The molecule has 0 rings (SSSR count). The van der Waals surface area contributed by atoms with Gasteiger partial charge in [-0.1, -0.05) is 15.9 Å². The van der Waals surface area contributed by atoms with Gasteiger partial charge in [-0.3, -0.25) is 0 Å². The second kappa shape index (κ2) is 14.6. The molecule has 1 amide bonds. The molecule has 0 saturated carbocycles. The second-order valence-electron chi connectivity index (χ2n) is 7.17. The predicted molar refractivity (Wildman–Crippen MR) is 104 cm³/mol. The summed E-state index contributed by atoms with van der Waals surface area (Å²) in [5, 5.41) is 6.85. The van der Waals surface area contributed by atoms with E-state index in [4.69, 9.17) is 4.74 Å². The third kappa shape index (κ3) is 11.1. The Labute approximate surface area is 164 Å². The predicted octanol–water partition coefficient (Wildman–Crippen LogP) is 5.60. The van der Waals surface area contributed by atoms with Gasteiger partial charge < -0.3 is 0 Å². The molecule has 2 unspecified atom stereocenters. The average Bonchev–Trinajstić information content (AvgIpc) is 2.54. The first kappa shape index (κ1) is 24.4. The number of methoxy groups -OCH3 is 1. The standard InChI is InChI=1S/C16H31BrNO2.C3H7.Cr/c1-6-14(20-5)13(2)18-15(19)16(3,4)11-9-7-8-10-12-17;1-3-2;/h13-14H,1,6-12H2,2-5H3,(H,18,19);1,3H2,2H3;. The number of halogens is 1. The van der Waals surface area contributed by atoms with Gasteiger partial charge in [0.15, 0.2) is 0 Å². The van der Waals surface area contributed by atoms with Gasteiger partial charge in [-0.25, -0.2) is 0 Å². The molecule has 0 aliphatic carbocycles. The van der Waals surface area contributed by atoms with Gasteiger partial charge >= 0.3 is 144 Å². The molecule has 0 saturated heterocycles. The van der Waals surface area contributed by atoms with Crippen LogP contribution >= 0.6 is 15.9 Å². The number of hydrogen-bond donors (Lipinski definition) is 1. The Balaban J connectivity index is 4.22. The Hall–Kier alpha value is 0.442. The van der Waals surface area contributed by atoms with Gasteiger partial charge in [0.05, 0.1) is 0 Å². The van der Waals surface area contributed by atoms with Crippen molar-refractivity contribution in [3.63, 3.8) is 0 Å². The summed E-state index contributed by atoms with van der Waals surface area (Å²) in [6.07, 6.45) is 8.18. The number of nitrogens with one attached hydrogen (secondary N) is 1. The van der Waals surface area contributed by atoms with Crippen molar-refractivity contribution >= 4 is 21.8 Å². The fourth-order valence-corrected chi connectivity index (χ4v) is 4.43. The Morgan fingerprint density at radius 1 is 1.21 bits per heavy atom. The van der Waals surface area contributed by atoms with Crippen LogP contribution in [0.1, 0.15) is 72.6 Å². The summed E-state index contributed by atoms with van der Waals surface area (Å²) in [5.41, 5.74) is -0.299. The van der Waals surface area contributed by atoms with Crippen molar-refractivity contribution < 1.29 is 24.8 Å². The van der Waals surface area contributed by atoms with Gasteiger partial charge in [0.25, 0.3) is 0 Å². The van der Waals surface area contributed by atoms with Crippen molar-refractivity contribution in [3.8, 4) is 0 Å². The number of ether oxygens (including phenoxy) is 1. The zero-order chi connectivity index (χ0) is 18.4. The van der Waals surface area contributed by atoms with Crippen LogP contribution in [0.25, 0.3) is 0 Å². The van der Waals surface area contributed by atoms with E-state index in [1.165, 1.54) is 36.2 Å². The molecule has 0 radical (unpaired) electrons. The molecule has 5 heteroatoms. The molecule has 0 aliphatic heterocycles. The van der Waals surface area contributed by atoms with Crippen LogP contribution in [0.4, 0.5) is 0 Å². The summed E-state index contributed by atoms with van der Waals surface area (Å²) in [5.74, 6) is 0.164. The van der Waals surface area contributed by atoms with Crippen LogP contribution < -0.4 is 5.32 Å². The number of carbonyl (C=O) groups is 1. The Morgan fingerprint density at radius 3 is 2.46 bits per heavy atom. The molecule has 0 aromatic carbocycles. The zero-order valence-electron chi connectivity index (χ0n) is 16.3. The van der Waals surface area contributed by atoms with E-state index in [1.54, 1.807) is 7.11 Å². The fourth-order valence-electron chi connectivity index (χ4n) is 2.64. The summed E-state index contributed by atoms with van der Waals surface area (Å²) in [4.78, 5) is 12.6. The van der Waals surface area contributed by atoms with E-state index in [9.17, 15) is 4.79 Å². The molecule has 1 N–H and O–H groups in total. The van der Waals surface area contributed by atoms with E-state index in [2.05, 4.69) is 48.9 Å². The zero-order valence-corrected chi connectivity index (χ0v) is 19.2. The van der Waals surface area contributed by atoms with Crippen molar-refractivity contribution in [1.29, 1.82) is 0 Å². The van der Waals surface area contributed by atoms with E-state index < -0.39 is 0 Å². The van der Waals surface area contributed by atoms with E-state index in [0.717, 1.165) is 24.6 Å². The summed E-state index contributed by atoms with van der Waals surface area (Å²) in [6, 6.07) is 0.0765. The quantitative estimate of drug-likeness (QED) is 0.264. The minimum atomic E-state index is -0.299. The monoisotopic (exact) mass is 443 g/mol. The molecule has 24 heavy (non-hydrogen) atoms. The minimum Gasteiger partial charge on any atom is -0.0928 e. The summed E-state index contributed by atoms with van der Waals surface area (Å²) in [7, 11) is 1.76. The molecule has 0 fully saturated rings. The van der Waals surface area contributed by atoms with Crippen molar-refractivity contribution in [1.82, 2.24) is 5.32 Å². The molecule has 0 bridgehead atoms. The molecule has 0 aliphatic rings. The fraction of sp³-hybridized carbons (Fsp3) is 0.947. The molecule has 144 valence electrons.